The second-order valence-corrected chi connectivity index (χ2v) is 8.43. The van der Waals surface area contributed by atoms with Gasteiger partial charge in [0, 0.05) is 18.5 Å². The minimum atomic E-state index is -3.96. The van der Waals surface area contributed by atoms with Gasteiger partial charge in [-0.1, -0.05) is 26.0 Å². The smallest absolute Gasteiger partial charge is 0.264 e. The third kappa shape index (κ3) is 5.29. The lowest BCUT2D eigenvalue weighted by Crippen LogP contribution is -2.35. The number of para-hydroxylation sites is 2. The summed E-state index contributed by atoms with van der Waals surface area (Å²) in [5.74, 6) is -0.598. The van der Waals surface area contributed by atoms with Crippen LogP contribution in [0, 0.1) is 5.92 Å². The summed E-state index contributed by atoms with van der Waals surface area (Å²) < 4.78 is 32.6. The van der Waals surface area contributed by atoms with E-state index in [1.807, 2.05) is 31.2 Å². The van der Waals surface area contributed by atoms with E-state index in [0.717, 1.165) is 17.5 Å². The Hall–Kier alpha value is -3.00. The number of fused-ring (bicyclic) bond motifs is 1. The fraction of sp³-hybridized carbons (Fsp3) is 0.286. The van der Waals surface area contributed by atoms with E-state index < -0.39 is 21.8 Å². The van der Waals surface area contributed by atoms with Crippen molar-refractivity contribution in [1.82, 2.24) is 14.7 Å². The lowest BCUT2D eigenvalue weighted by atomic mass is 10.1. The predicted octanol–water partition coefficient (Wildman–Crippen LogP) is 3.10. The van der Waals surface area contributed by atoms with Gasteiger partial charge in [0.05, 0.1) is 28.2 Å². The van der Waals surface area contributed by atoms with Crippen LogP contribution in [0.15, 0.2) is 59.6 Å². The first-order valence-electron chi connectivity index (χ1n) is 9.39. The van der Waals surface area contributed by atoms with Crippen LogP contribution >= 0.6 is 0 Å². The Morgan fingerprint density at radius 2 is 1.79 bits per heavy atom. The lowest BCUT2D eigenvalue weighted by molar-refractivity contribution is -0.122. The first-order chi connectivity index (χ1) is 13.9. The highest BCUT2D eigenvalue weighted by Gasteiger charge is 2.22. The van der Waals surface area contributed by atoms with Gasteiger partial charge < -0.3 is 4.74 Å². The van der Waals surface area contributed by atoms with Gasteiger partial charge in [-0.05, 0) is 42.8 Å². The van der Waals surface area contributed by atoms with E-state index in [9.17, 15) is 13.2 Å². The van der Waals surface area contributed by atoms with Gasteiger partial charge in [-0.3, -0.25) is 9.78 Å². The summed E-state index contributed by atoms with van der Waals surface area (Å²) in [5.41, 5.74) is 2.12. The van der Waals surface area contributed by atoms with E-state index in [1.165, 1.54) is 12.1 Å². The minimum Gasteiger partial charge on any atom is -0.494 e. The molecule has 0 fully saturated rings. The molecule has 1 unspecified atom stereocenters. The maximum absolute atomic E-state index is 12.5. The number of amides is 1. The molecular formula is C21H23N3O4S. The number of carbonyl (C=O) groups excluding carboxylic acids is 1. The van der Waals surface area contributed by atoms with E-state index in [0.29, 0.717) is 18.1 Å². The molecule has 1 aromatic heterocycles. The highest BCUT2D eigenvalue weighted by molar-refractivity contribution is 7.90. The summed E-state index contributed by atoms with van der Waals surface area (Å²) in [6, 6.07) is 13.4. The van der Waals surface area contributed by atoms with Crippen LogP contribution in [-0.2, 0) is 21.2 Å². The molecule has 8 heteroatoms. The zero-order valence-electron chi connectivity index (χ0n) is 16.3. The number of carbonyl (C=O) groups is 1. The topological polar surface area (TPSA) is 98.2 Å². The van der Waals surface area contributed by atoms with Gasteiger partial charge in [-0.2, -0.15) is 0 Å². The normalized spacial score (nSPS) is 12.5. The minimum absolute atomic E-state index is 0.00685. The Balaban J connectivity index is 1.65. The van der Waals surface area contributed by atoms with E-state index in [1.54, 1.807) is 25.3 Å². The number of aromatic nitrogens is 2. The first-order valence-corrected chi connectivity index (χ1v) is 10.9. The number of sulfonamides is 1. The fourth-order valence-corrected chi connectivity index (χ4v) is 3.81. The summed E-state index contributed by atoms with van der Waals surface area (Å²) in [6.07, 6.45) is 2.74. The van der Waals surface area contributed by atoms with Crippen molar-refractivity contribution < 1.29 is 17.9 Å². The highest BCUT2D eigenvalue weighted by Crippen LogP contribution is 2.17. The number of ether oxygens (including phenoxy) is 1. The van der Waals surface area contributed by atoms with Gasteiger partial charge in [0.2, 0.25) is 5.91 Å². The third-order valence-corrected chi connectivity index (χ3v) is 5.67. The molecule has 0 aliphatic rings. The van der Waals surface area contributed by atoms with Crippen LogP contribution < -0.4 is 9.46 Å². The molecule has 0 aliphatic heterocycles. The summed E-state index contributed by atoms with van der Waals surface area (Å²) in [5, 5.41) is 0. The number of benzene rings is 2. The molecule has 0 spiro atoms. The van der Waals surface area contributed by atoms with Crippen molar-refractivity contribution in [3.8, 4) is 5.75 Å². The van der Waals surface area contributed by atoms with Crippen LogP contribution in [0.4, 0.5) is 0 Å². The van der Waals surface area contributed by atoms with Gasteiger partial charge in [0.15, 0.2) is 0 Å². The molecule has 0 bridgehead atoms. The highest BCUT2D eigenvalue weighted by atomic mass is 32.2. The molecule has 3 rings (SSSR count). The number of hydrogen-bond donors (Lipinski definition) is 1. The Morgan fingerprint density at radius 1 is 1.10 bits per heavy atom. The monoisotopic (exact) mass is 413 g/mol. The average Bonchev–Trinajstić information content (AvgIpc) is 2.72. The van der Waals surface area contributed by atoms with E-state index in [-0.39, 0.29) is 11.3 Å². The second kappa shape index (κ2) is 9.00. The molecule has 1 amide bonds. The van der Waals surface area contributed by atoms with E-state index >= 15 is 0 Å². The number of rotatable bonds is 8. The molecule has 29 heavy (non-hydrogen) atoms. The zero-order chi connectivity index (χ0) is 20.9. The predicted molar refractivity (Wildman–Crippen MR) is 110 cm³/mol. The summed E-state index contributed by atoms with van der Waals surface area (Å²) in [6.45, 7) is 4.19. The molecule has 0 radical (unpaired) electrons. The van der Waals surface area contributed by atoms with Crippen molar-refractivity contribution in [2.24, 2.45) is 5.92 Å². The van der Waals surface area contributed by atoms with Crippen molar-refractivity contribution in [3.63, 3.8) is 0 Å². The van der Waals surface area contributed by atoms with Crippen LogP contribution in [-0.4, -0.2) is 30.9 Å². The molecule has 1 heterocycles. The van der Waals surface area contributed by atoms with Gasteiger partial charge >= 0.3 is 0 Å². The SMILES string of the molecule is CCCOc1ccc(S(=O)(=O)NC(=O)C(C)Cc2cnc3ccccc3n2)cc1. The summed E-state index contributed by atoms with van der Waals surface area (Å²) in [4.78, 5) is 21.3. The van der Waals surface area contributed by atoms with Gasteiger partial charge in [-0.15, -0.1) is 0 Å². The van der Waals surface area contributed by atoms with Crippen molar-refractivity contribution in [2.75, 3.05) is 6.61 Å². The largest absolute Gasteiger partial charge is 0.494 e. The maximum Gasteiger partial charge on any atom is 0.264 e. The Labute approximate surface area is 170 Å². The first kappa shape index (κ1) is 20.7. The van der Waals surface area contributed by atoms with Crippen LogP contribution in [0.1, 0.15) is 26.0 Å². The number of hydrogen-bond acceptors (Lipinski definition) is 6. The molecule has 1 N–H and O–H groups in total. The molecular weight excluding hydrogens is 390 g/mol. The van der Waals surface area contributed by atoms with E-state index in [4.69, 9.17) is 4.74 Å². The lowest BCUT2D eigenvalue weighted by Gasteiger charge is -2.13. The number of nitrogens with zero attached hydrogens (tertiary/aromatic N) is 2. The molecule has 7 nitrogen and oxygen atoms in total. The quantitative estimate of drug-likeness (QED) is 0.609. The Bertz CT molecular complexity index is 1100. The van der Waals surface area contributed by atoms with Crippen LogP contribution in [0.25, 0.3) is 11.0 Å². The van der Waals surface area contributed by atoms with Crippen molar-refractivity contribution in [1.29, 1.82) is 0 Å². The molecule has 0 saturated carbocycles. The van der Waals surface area contributed by atoms with Crippen molar-refractivity contribution >= 4 is 27.0 Å². The Kier molecular flexibility index (Phi) is 6.43. The molecule has 3 aromatic rings. The average molecular weight is 413 g/mol. The zero-order valence-corrected chi connectivity index (χ0v) is 17.1. The summed E-state index contributed by atoms with van der Waals surface area (Å²) >= 11 is 0. The molecule has 0 saturated heterocycles. The number of nitrogens with one attached hydrogen (secondary N) is 1. The van der Waals surface area contributed by atoms with Gasteiger partial charge in [-0.25, -0.2) is 18.1 Å². The molecule has 152 valence electrons. The van der Waals surface area contributed by atoms with Gasteiger partial charge in [0.1, 0.15) is 5.75 Å². The van der Waals surface area contributed by atoms with Gasteiger partial charge in [0.25, 0.3) is 10.0 Å². The van der Waals surface area contributed by atoms with Crippen LogP contribution in [0.5, 0.6) is 5.75 Å². The van der Waals surface area contributed by atoms with Crippen LogP contribution in [0.3, 0.4) is 0 Å². The fourth-order valence-electron chi connectivity index (χ4n) is 2.73. The summed E-state index contributed by atoms with van der Waals surface area (Å²) in [7, 11) is -3.96. The second-order valence-electron chi connectivity index (χ2n) is 6.74. The Morgan fingerprint density at radius 3 is 2.48 bits per heavy atom. The molecule has 0 aliphatic carbocycles. The molecule has 2 aromatic carbocycles. The molecule has 1 atom stereocenters. The maximum atomic E-state index is 12.5. The van der Waals surface area contributed by atoms with Crippen LogP contribution in [0.2, 0.25) is 0 Å². The standard InChI is InChI=1S/C21H23N3O4S/c1-3-12-28-17-8-10-18(11-9-17)29(26,27)24-21(25)15(2)13-16-14-22-19-6-4-5-7-20(19)23-16/h4-11,14-15H,3,12-13H2,1-2H3,(H,24,25). The van der Waals surface area contributed by atoms with Crippen molar-refractivity contribution in [3.05, 3.63) is 60.4 Å². The van der Waals surface area contributed by atoms with E-state index in [2.05, 4.69) is 14.7 Å². The van der Waals surface area contributed by atoms with Crippen molar-refractivity contribution in [2.45, 2.75) is 31.6 Å². The third-order valence-electron chi connectivity index (χ3n) is 4.30.